The Labute approximate surface area is 200 Å². The number of nitrogens with one attached hydrogen (secondary N) is 1. The minimum absolute atomic E-state index is 0.316. The van der Waals surface area contributed by atoms with Gasteiger partial charge in [-0.25, -0.2) is 9.97 Å². The van der Waals surface area contributed by atoms with E-state index in [0.717, 1.165) is 86.3 Å². The van der Waals surface area contributed by atoms with Crippen LogP contribution in [-0.4, -0.2) is 57.3 Å². The molecule has 2 aromatic heterocycles. The molecule has 1 N–H and O–H groups in total. The molecule has 33 heavy (non-hydrogen) atoms. The average molecular weight is 484 g/mol. The Hall–Kier alpha value is -2.10. The maximum atomic E-state index is 12.7. The summed E-state index contributed by atoms with van der Waals surface area (Å²) >= 11 is 1.83. The number of aryl methyl sites for hydroxylation is 2. The van der Waals surface area contributed by atoms with Crippen LogP contribution in [0.4, 0.5) is 11.8 Å². The van der Waals surface area contributed by atoms with Crippen LogP contribution in [0.25, 0.3) is 10.2 Å². The molecule has 6 rings (SSSR count). The molecule has 9 heteroatoms. The van der Waals surface area contributed by atoms with E-state index in [1.54, 1.807) is 0 Å². The van der Waals surface area contributed by atoms with Crippen molar-refractivity contribution in [2.24, 2.45) is 0 Å². The molecule has 0 amide bonds. The number of piperidine rings is 1. The molecule has 0 radical (unpaired) electrons. The molecule has 2 fully saturated rings. The van der Waals surface area contributed by atoms with Crippen LogP contribution in [0.3, 0.4) is 0 Å². The maximum absolute atomic E-state index is 12.7. The van der Waals surface area contributed by atoms with Crippen LogP contribution in [0.15, 0.2) is 23.1 Å². The third-order valence-corrected chi connectivity index (χ3v) is 9.58. The molecule has 0 aliphatic carbocycles. The fourth-order valence-corrected chi connectivity index (χ4v) is 7.45. The van der Waals surface area contributed by atoms with Gasteiger partial charge in [0.05, 0.1) is 31.7 Å². The summed E-state index contributed by atoms with van der Waals surface area (Å²) in [5.41, 5.74) is 3.33. The molecule has 3 aliphatic heterocycles. The highest BCUT2D eigenvalue weighted by Gasteiger charge is 2.30. The molecular weight excluding hydrogens is 454 g/mol. The standard InChI is InChI=1S/C24H29N5O2S2/c1-15-2-3-20-19(14-15)26-23(32-20)16-4-9-29(10-5-16)24-27-18-8-13-33(30)21(18)22(28-24)25-17-6-11-31-12-7-17/h2-3,14,16-17H,4-13H2,1H3,(H,25,27,28). The van der Waals surface area contributed by atoms with Gasteiger partial charge in [-0.1, -0.05) is 6.07 Å². The number of aromatic nitrogens is 3. The lowest BCUT2D eigenvalue weighted by atomic mass is 9.98. The fourth-order valence-electron chi connectivity index (χ4n) is 5.01. The van der Waals surface area contributed by atoms with Crippen molar-refractivity contribution >= 4 is 44.1 Å². The van der Waals surface area contributed by atoms with E-state index in [4.69, 9.17) is 19.7 Å². The number of hydrogen-bond donors (Lipinski definition) is 1. The largest absolute Gasteiger partial charge is 0.381 e. The quantitative estimate of drug-likeness (QED) is 0.600. The molecule has 1 unspecified atom stereocenters. The minimum Gasteiger partial charge on any atom is -0.381 e. The Balaban J connectivity index is 1.20. The van der Waals surface area contributed by atoms with Gasteiger partial charge in [-0.3, -0.25) is 4.21 Å². The molecule has 3 aromatic rings. The molecule has 1 atom stereocenters. The molecule has 5 heterocycles. The van der Waals surface area contributed by atoms with Crippen LogP contribution >= 0.6 is 11.3 Å². The molecule has 0 saturated carbocycles. The summed E-state index contributed by atoms with van der Waals surface area (Å²) < 4.78 is 19.4. The van der Waals surface area contributed by atoms with E-state index < -0.39 is 10.8 Å². The third-order valence-electron chi connectivity index (χ3n) is 6.92. The SMILES string of the molecule is Cc1ccc2sc(C3CCN(c4nc5c(c(NC6CCOCC6)n4)S(=O)CC5)CC3)nc2c1. The average Bonchev–Trinajstić information content (AvgIpc) is 3.43. The lowest BCUT2D eigenvalue weighted by molar-refractivity contribution is 0.0903. The molecule has 1 aromatic carbocycles. The predicted octanol–water partition coefficient (Wildman–Crippen LogP) is 4.03. The molecule has 2 saturated heterocycles. The first-order valence-corrected chi connectivity index (χ1v) is 14.0. The van der Waals surface area contributed by atoms with Gasteiger partial charge in [0.1, 0.15) is 10.7 Å². The zero-order chi connectivity index (χ0) is 22.4. The van der Waals surface area contributed by atoms with Crippen molar-refractivity contribution in [1.82, 2.24) is 15.0 Å². The molecule has 3 aliphatic rings. The Kier molecular flexibility index (Phi) is 5.80. The van der Waals surface area contributed by atoms with Gasteiger partial charge in [0.25, 0.3) is 0 Å². The number of ether oxygens (including phenoxy) is 1. The Morgan fingerprint density at radius 1 is 1.12 bits per heavy atom. The Morgan fingerprint density at radius 3 is 2.76 bits per heavy atom. The van der Waals surface area contributed by atoms with Crippen LogP contribution in [-0.2, 0) is 22.0 Å². The van der Waals surface area contributed by atoms with E-state index >= 15 is 0 Å². The summed E-state index contributed by atoms with van der Waals surface area (Å²) in [6, 6.07) is 6.85. The van der Waals surface area contributed by atoms with Crippen molar-refractivity contribution in [3.05, 3.63) is 34.5 Å². The van der Waals surface area contributed by atoms with Crippen molar-refractivity contribution in [2.45, 2.75) is 55.9 Å². The Bertz CT molecular complexity index is 1200. The van der Waals surface area contributed by atoms with Gasteiger partial charge in [-0.15, -0.1) is 11.3 Å². The second-order valence-electron chi connectivity index (χ2n) is 9.26. The van der Waals surface area contributed by atoms with Crippen molar-refractivity contribution in [3.8, 4) is 0 Å². The lowest BCUT2D eigenvalue weighted by Gasteiger charge is -2.32. The van der Waals surface area contributed by atoms with Gasteiger partial charge >= 0.3 is 0 Å². The molecule has 174 valence electrons. The highest BCUT2D eigenvalue weighted by atomic mass is 32.2. The van der Waals surface area contributed by atoms with E-state index in [1.807, 2.05) is 11.3 Å². The predicted molar refractivity (Wildman–Crippen MR) is 133 cm³/mol. The van der Waals surface area contributed by atoms with Gasteiger partial charge in [0.15, 0.2) is 0 Å². The van der Waals surface area contributed by atoms with Crippen molar-refractivity contribution in [2.75, 3.05) is 42.3 Å². The van der Waals surface area contributed by atoms with E-state index in [2.05, 4.69) is 35.3 Å². The van der Waals surface area contributed by atoms with Crippen LogP contribution in [0.2, 0.25) is 0 Å². The summed E-state index contributed by atoms with van der Waals surface area (Å²) in [5, 5.41) is 4.84. The number of nitrogens with zero attached hydrogens (tertiary/aromatic N) is 4. The topological polar surface area (TPSA) is 80.2 Å². The van der Waals surface area contributed by atoms with Gasteiger partial charge in [0, 0.05) is 50.4 Å². The van der Waals surface area contributed by atoms with Gasteiger partial charge in [0.2, 0.25) is 5.95 Å². The molecule has 0 bridgehead atoms. The van der Waals surface area contributed by atoms with Gasteiger partial charge in [-0.2, -0.15) is 4.98 Å². The fraction of sp³-hybridized carbons (Fsp3) is 0.542. The molecular formula is C24H29N5O2S2. The zero-order valence-corrected chi connectivity index (χ0v) is 20.5. The first-order valence-electron chi connectivity index (χ1n) is 11.9. The number of fused-ring (bicyclic) bond motifs is 2. The summed E-state index contributed by atoms with van der Waals surface area (Å²) in [5.74, 6) is 2.69. The van der Waals surface area contributed by atoms with Crippen molar-refractivity contribution in [1.29, 1.82) is 0 Å². The lowest BCUT2D eigenvalue weighted by Crippen LogP contribution is -2.35. The number of anilines is 2. The molecule has 0 spiro atoms. The Morgan fingerprint density at radius 2 is 1.94 bits per heavy atom. The smallest absolute Gasteiger partial charge is 0.227 e. The van der Waals surface area contributed by atoms with Crippen molar-refractivity contribution < 1.29 is 8.95 Å². The number of thiazole rings is 1. The van der Waals surface area contributed by atoms with Crippen molar-refractivity contribution in [3.63, 3.8) is 0 Å². The van der Waals surface area contributed by atoms with E-state index in [9.17, 15) is 4.21 Å². The third kappa shape index (κ3) is 4.26. The van der Waals surface area contributed by atoms with Crippen LogP contribution in [0, 0.1) is 6.92 Å². The summed E-state index contributed by atoms with van der Waals surface area (Å²) in [6.45, 7) is 5.48. The number of hydrogen-bond acceptors (Lipinski definition) is 8. The maximum Gasteiger partial charge on any atom is 0.227 e. The highest BCUT2D eigenvalue weighted by Crippen LogP contribution is 2.36. The summed E-state index contributed by atoms with van der Waals surface area (Å²) in [7, 11) is -1.01. The zero-order valence-electron chi connectivity index (χ0n) is 18.9. The van der Waals surface area contributed by atoms with Gasteiger partial charge in [-0.05, 0) is 50.3 Å². The van der Waals surface area contributed by atoms with Crippen LogP contribution in [0.1, 0.15) is 47.9 Å². The summed E-state index contributed by atoms with van der Waals surface area (Å²) in [4.78, 5) is 17.8. The normalized spacial score (nSPS) is 22.1. The second-order valence-corrected chi connectivity index (χ2v) is 11.8. The van der Waals surface area contributed by atoms with E-state index in [1.165, 1.54) is 15.3 Å². The van der Waals surface area contributed by atoms with Crippen LogP contribution < -0.4 is 10.2 Å². The monoisotopic (exact) mass is 483 g/mol. The number of rotatable bonds is 4. The van der Waals surface area contributed by atoms with Crippen LogP contribution in [0.5, 0.6) is 0 Å². The van der Waals surface area contributed by atoms with E-state index in [-0.39, 0.29) is 0 Å². The number of benzene rings is 1. The summed E-state index contributed by atoms with van der Waals surface area (Å²) in [6.07, 6.45) is 4.77. The van der Waals surface area contributed by atoms with Gasteiger partial charge < -0.3 is 15.0 Å². The first-order chi connectivity index (χ1) is 16.1. The molecule has 7 nitrogen and oxygen atoms in total. The minimum atomic E-state index is -1.01. The first kappa shape index (κ1) is 21.4. The van der Waals surface area contributed by atoms with E-state index in [0.29, 0.717) is 17.7 Å². The second kappa shape index (κ2) is 8.92. The highest BCUT2D eigenvalue weighted by molar-refractivity contribution is 7.85.